The van der Waals surface area contributed by atoms with Crippen molar-refractivity contribution >= 4 is 17.2 Å². The first-order valence-electron chi connectivity index (χ1n) is 7.68. The Morgan fingerprint density at radius 2 is 2.23 bits per heavy atom. The summed E-state index contributed by atoms with van der Waals surface area (Å²) in [5, 5.41) is 3.15. The third-order valence-corrected chi connectivity index (χ3v) is 4.84. The van der Waals surface area contributed by atoms with Crippen molar-refractivity contribution in [3.63, 3.8) is 0 Å². The molecule has 0 N–H and O–H groups in total. The quantitative estimate of drug-likeness (QED) is 0.850. The number of hydrogen-bond acceptors (Lipinski definition) is 4. The molecule has 1 aliphatic heterocycles. The van der Waals surface area contributed by atoms with Crippen molar-refractivity contribution in [2.75, 3.05) is 19.7 Å². The first kappa shape index (κ1) is 15.0. The maximum Gasteiger partial charge on any atom is 0.226 e. The van der Waals surface area contributed by atoms with Crippen molar-refractivity contribution in [3.05, 3.63) is 46.9 Å². The summed E-state index contributed by atoms with van der Waals surface area (Å²) in [6.45, 7) is 2.07. The Morgan fingerprint density at radius 1 is 1.36 bits per heavy atom. The number of rotatable bonds is 5. The number of benzene rings is 1. The highest BCUT2D eigenvalue weighted by Gasteiger charge is 2.25. The average Bonchev–Trinajstić information content (AvgIpc) is 3.10. The molecule has 1 aliphatic rings. The van der Waals surface area contributed by atoms with Gasteiger partial charge in [0.2, 0.25) is 5.91 Å². The fourth-order valence-corrected chi connectivity index (χ4v) is 3.54. The monoisotopic (exact) mass is 316 g/mol. The fraction of sp³-hybridized carbons (Fsp3) is 0.412. The molecular formula is C17H20N2O2S. The summed E-state index contributed by atoms with van der Waals surface area (Å²) in [6.07, 6.45) is 4.45. The van der Waals surface area contributed by atoms with E-state index in [9.17, 15) is 4.79 Å². The second-order valence-corrected chi connectivity index (χ2v) is 6.39. The van der Waals surface area contributed by atoms with Crippen LogP contribution in [0.25, 0.3) is 0 Å². The highest BCUT2D eigenvalue weighted by Crippen LogP contribution is 2.28. The van der Waals surface area contributed by atoms with Crippen molar-refractivity contribution in [1.82, 2.24) is 9.88 Å². The lowest BCUT2D eigenvalue weighted by Gasteiger charge is -2.31. The Hall–Kier alpha value is -1.88. The van der Waals surface area contributed by atoms with E-state index in [1.165, 1.54) is 0 Å². The second-order valence-electron chi connectivity index (χ2n) is 5.46. The SMILES string of the molecule is O=C(CCOc1ccccc1)N1CCCC(c2nccs2)C1. The van der Waals surface area contributed by atoms with Gasteiger partial charge in [0.05, 0.1) is 18.0 Å². The molecule has 1 saturated heterocycles. The first-order chi connectivity index (χ1) is 10.8. The van der Waals surface area contributed by atoms with Gasteiger partial charge in [-0.2, -0.15) is 0 Å². The molecule has 1 atom stereocenters. The van der Waals surface area contributed by atoms with Crippen molar-refractivity contribution in [3.8, 4) is 5.75 Å². The second kappa shape index (κ2) is 7.40. The molecule has 0 radical (unpaired) electrons. The predicted molar refractivity (Wildman–Crippen MR) is 87.2 cm³/mol. The molecule has 22 heavy (non-hydrogen) atoms. The third-order valence-electron chi connectivity index (χ3n) is 3.90. The smallest absolute Gasteiger partial charge is 0.226 e. The molecule has 1 unspecified atom stereocenters. The number of likely N-dealkylation sites (tertiary alicyclic amines) is 1. The molecule has 0 aliphatic carbocycles. The van der Waals surface area contributed by atoms with E-state index in [2.05, 4.69) is 4.98 Å². The van der Waals surface area contributed by atoms with Gasteiger partial charge in [0.1, 0.15) is 5.75 Å². The van der Waals surface area contributed by atoms with Crippen LogP contribution in [0.15, 0.2) is 41.9 Å². The van der Waals surface area contributed by atoms with Crippen LogP contribution in [0, 0.1) is 0 Å². The van der Waals surface area contributed by atoms with Crippen LogP contribution in [0.2, 0.25) is 0 Å². The molecule has 116 valence electrons. The van der Waals surface area contributed by atoms with Gasteiger partial charge < -0.3 is 9.64 Å². The maximum atomic E-state index is 12.3. The van der Waals surface area contributed by atoms with Crippen LogP contribution < -0.4 is 4.74 Å². The summed E-state index contributed by atoms with van der Waals surface area (Å²) in [6, 6.07) is 9.62. The number of carbonyl (C=O) groups excluding carboxylic acids is 1. The van der Waals surface area contributed by atoms with E-state index in [-0.39, 0.29) is 5.91 Å². The lowest BCUT2D eigenvalue weighted by atomic mass is 9.98. The number of ether oxygens (including phenoxy) is 1. The van der Waals surface area contributed by atoms with Gasteiger partial charge in [-0.3, -0.25) is 4.79 Å². The number of aromatic nitrogens is 1. The van der Waals surface area contributed by atoms with E-state index in [0.29, 0.717) is 18.9 Å². The first-order valence-corrected chi connectivity index (χ1v) is 8.56. The highest BCUT2D eigenvalue weighted by atomic mass is 32.1. The zero-order valence-electron chi connectivity index (χ0n) is 12.5. The Balaban J connectivity index is 1.47. The molecule has 1 amide bonds. The van der Waals surface area contributed by atoms with Crippen LogP contribution in [0.5, 0.6) is 5.75 Å². The highest BCUT2D eigenvalue weighted by molar-refractivity contribution is 7.09. The summed E-state index contributed by atoms with van der Waals surface area (Å²) in [7, 11) is 0. The largest absolute Gasteiger partial charge is 0.493 e. The summed E-state index contributed by atoms with van der Waals surface area (Å²) >= 11 is 1.68. The van der Waals surface area contributed by atoms with E-state index in [0.717, 1.165) is 36.7 Å². The van der Waals surface area contributed by atoms with Gasteiger partial charge in [0.15, 0.2) is 0 Å². The normalized spacial score (nSPS) is 18.2. The maximum absolute atomic E-state index is 12.3. The van der Waals surface area contributed by atoms with Crippen molar-refractivity contribution in [2.24, 2.45) is 0 Å². The molecule has 4 nitrogen and oxygen atoms in total. The van der Waals surface area contributed by atoms with Crippen LogP contribution in [-0.4, -0.2) is 35.5 Å². The van der Waals surface area contributed by atoms with Crippen molar-refractivity contribution in [1.29, 1.82) is 0 Å². The van der Waals surface area contributed by atoms with E-state index >= 15 is 0 Å². The van der Waals surface area contributed by atoms with Gasteiger partial charge >= 0.3 is 0 Å². The minimum Gasteiger partial charge on any atom is -0.493 e. The number of carbonyl (C=O) groups is 1. The van der Waals surface area contributed by atoms with Crippen LogP contribution >= 0.6 is 11.3 Å². The van der Waals surface area contributed by atoms with Gasteiger partial charge in [-0.15, -0.1) is 11.3 Å². The molecule has 2 heterocycles. The molecular weight excluding hydrogens is 296 g/mol. The molecule has 1 aromatic carbocycles. The van der Waals surface area contributed by atoms with Crippen LogP contribution in [0.3, 0.4) is 0 Å². The van der Waals surface area contributed by atoms with E-state index in [1.54, 1.807) is 11.3 Å². The molecule has 2 aromatic rings. The van der Waals surface area contributed by atoms with Gasteiger partial charge in [0.25, 0.3) is 0 Å². The Labute approximate surface area is 134 Å². The number of nitrogens with zero attached hydrogens (tertiary/aromatic N) is 2. The third kappa shape index (κ3) is 3.85. The minimum atomic E-state index is 0.178. The number of para-hydroxylation sites is 1. The fourth-order valence-electron chi connectivity index (χ4n) is 2.77. The number of amides is 1. The lowest BCUT2D eigenvalue weighted by molar-refractivity contribution is -0.132. The Bertz CT molecular complexity index is 586. The molecule has 5 heteroatoms. The molecule has 1 aromatic heterocycles. The van der Waals surface area contributed by atoms with Gasteiger partial charge in [-0.25, -0.2) is 4.98 Å². The molecule has 0 saturated carbocycles. The van der Waals surface area contributed by atoms with E-state index in [1.807, 2.05) is 46.8 Å². The van der Waals surface area contributed by atoms with Crippen LogP contribution in [0.1, 0.15) is 30.2 Å². The number of hydrogen-bond donors (Lipinski definition) is 0. The zero-order chi connectivity index (χ0) is 15.2. The molecule has 3 rings (SSSR count). The average molecular weight is 316 g/mol. The number of thiazole rings is 1. The summed E-state index contributed by atoms with van der Waals surface area (Å²) < 4.78 is 5.61. The predicted octanol–water partition coefficient (Wildman–Crippen LogP) is 3.32. The molecule has 0 bridgehead atoms. The lowest BCUT2D eigenvalue weighted by Crippen LogP contribution is -2.39. The minimum absolute atomic E-state index is 0.178. The van der Waals surface area contributed by atoms with Gasteiger partial charge in [0, 0.05) is 30.6 Å². The molecule has 1 fully saturated rings. The van der Waals surface area contributed by atoms with Crippen molar-refractivity contribution < 1.29 is 9.53 Å². The standard InChI is InChI=1S/C17H20N2O2S/c20-16(8-11-21-15-6-2-1-3-7-15)19-10-4-5-14(13-19)17-18-9-12-22-17/h1-3,6-7,9,12,14H,4-5,8,10-11,13H2. The van der Waals surface area contributed by atoms with E-state index in [4.69, 9.17) is 4.74 Å². The Morgan fingerprint density at radius 3 is 3.00 bits per heavy atom. The summed E-state index contributed by atoms with van der Waals surface area (Å²) in [5.41, 5.74) is 0. The molecule has 0 spiro atoms. The zero-order valence-corrected chi connectivity index (χ0v) is 13.3. The number of piperidine rings is 1. The van der Waals surface area contributed by atoms with E-state index < -0.39 is 0 Å². The van der Waals surface area contributed by atoms with Crippen LogP contribution in [-0.2, 0) is 4.79 Å². The topological polar surface area (TPSA) is 42.4 Å². The summed E-state index contributed by atoms with van der Waals surface area (Å²) in [4.78, 5) is 18.7. The van der Waals surface area contributed by atoms with Gasteiger partial charge in [-0.1, -0.05) is 18.2 Å². The Kier molecular flexibility index (Phi) is 5.06. The summed E-state index contributed by atoms with van der Waals surface area (Å²) in [5.74, 6) is 1.39. The van der Waals surface area contributed by atoms with Crippen LogP contribution in [0.4, 0.5) is 0 Å². The van der Waals surface area contributed by atoms with Crippen molar-refractivity contribution in [2.45, 2.75) is 25.2 Å². The van der Waals surface area contributed by atoms with Gasteiger partial charge in [-0.05, 0) is 25.0 Å².